The van der Waals surface area contributed by atoms with Crippen molar-refractivity contribution >= 4 is 17.2 Å². The molecule has 1 atom stereocenters. The SMILES string of the molecule is CCN1CC(CCN(C)C)Oc2ncccc2C1=S. The van der Waals surface area contributed by atoms with Gasteiger partial charge in [-0.05, 0) is 39.6 Å². The van der Waals surface area contributed by atoms with Crippen molar-refractivity contribution in [3.05, 3.63) is 23.9 Å². The van der Waals surface area contributed by atoms with E-state index in [4.69, 9.17) is 17.0 Å². The highest BCUT2D eigenvalue weighted by Gasteiger charge is 2.25. The average molecular weight is 279 g/mol. The lowest BCUT2D eigenvalue weighted by molar-refractivity contribution is 0.149. The third kappa shape index (κ3) is 3.42. The largest absolute Gasteiger partial charge is 0.472 e. The maximum atomic E-state index is 6.04. The Morgan fingerprint density at radius 3 is 3.00 bits per heavy atom. The Morgan fingerprint density at radius 1 is 1.53 bits per heavy atom. The van der Waals surface area contributed by atoms with Crippen LogP contribution in [0.5, 0.6) is 5.88 Å². The van der Waals surface area contributed by atoms with Crippen molar-refractivity contribution in [2.75, 3.05) is 33.7 Å². The van der Waals surface area contributed by atoms with Gasteiger partial charge in [0.1, 0.15) is 11.1 Å². The van der Waals surface area contributed by atoms with Crippen LogP contribution in [0.2, 0.25) is 0 Å². The second-order valence-electron chi connectivity index (χ2n) is 5.03. The standard InChI is InChI=1S/C14H21N3OS/c1-4-17-10-11(7-9-16(2)3)18-13-12(14(17)19)6-5-8-15-13/h5-6,8,11H,4,7,9-10H2,1-3H3. The zero-order valence-corrected chi connectivity index (χ0v) is 12.6. The minimum atomic E-state index is 0.136. The molecule has 4 nitrogen and oxygen atoms in total. The maximum Gasteiger partial charge on any atom is 0.224 e. The molecule has 0 saturated heterocycles. The van der Waals surface area contributed by atoms with Gasteiger partial charge >= 0.3 is 0 Å². The number of fused-ring (bicyclic) bond motifs is 1. The van der Waals surface area contributed by atoms with Crippen LogP contribution >= 0.6 is 12.2 Å². The third-order valence-electron chi connectivity index (χ3n) is 3.27. The number of pyridine rings is 1. The maximum absolute atomic E-state index is 6.04. The molecular formula is C14H21N3OS. The molecular weight excluding hydrogens is 258 g/mol. The number of nitrogens with zero attached hydrogens (tertiary/aromatic N) is 3. The number of likely N-dealkylation sites (N-methyl/N-ethyl adjacent to an activating group) is 1. The van der Waals surface area contributed by atoms with E-state index < -0.39 is 0 Å². The molecule has 0 radical (unpaired) electrons. The smallest absolute Gasteiger partial charge is 0.224 e. The predicted octanol–water partition coefficient (Wildman–Crippen LogP) is 1.79. The molecule has 0 aliphatic carbocycles. The highest BCUT2D eigenvalue weighted by molar-refractivity contribution is 7.80. The Hall–Kier alpha value is -1.20. The highest BCUT2D eigenvalue weighted by Crippen LogP contribution is 2.24. The number of thiocarbonyl (C=S) groups is 1. The van der Waals surface area contributed by atoms with E-state index in [0.717, 1.165) is 36.6 Å². The molecule has 0 bridgehead atoms. The van der Waals surface area contributed by atoms with Crippen LogP contribution in [0, 0.1) is 0 Å². The molecule has 2 rings (SSSR count). The lowest BCUT2D eigenvalue weighted by Crippen LogP contribution is -2.37. The second-order valence-corrected chi connectivity index (χ2v) is 5.42. The van der Waals surface area contributed by atoms with Gasteiger partial charge in [0, 0.05) is 19.3 Å². The van der Waals surface area contributed by atoms with Crippen LogP contribution < -0.4 is 4.74 Å². The van der Waals surface area contributed by atoms with Crippen LogP contribution in [0.4, 0.5) is 0 Å². The van der Waals surface area contributed by atoms with Crippen molar-refractivity contribution in [3.63, 3.8) is 0 Å². The number of hydrogen-bond acceptors (Lipinski definition) is 4. The lowest BCUT2D eigenvalue weighted by Gasteiger charge is -2.25. The molecule has 2 heterocycles. The molecule has 1 unspecified atom stereocenters. The zero-order valence-electron chi connectivity index (χ0n) is 11.8. The summed E-state index contributed by atoms with van der Waals surface area (Å²) in [5.74, 6) is 0.673. The Bertz CT molecular complexity index is 450. The van der Waals surface area contributed by atoms with Gasteiger partial charge in [0.25, 0.3) is 0 Å². The van der Waals surface area contributed by atoms with Gasteiger partial charge in [-0.1, -0.05) is 12.2 Å². The first-order chi connectivity index (χ1) is 9.11. The van der Waals surface area contributed by atoms with E-state index in [0.29, 0.717) is 5.88 Å². The quantitative estimate of drug-likeness (QED) is 0.784. The van der Waals surface area contributed by atoms with Crippen LogP contribution in [0.3, 0.4) is 0 Å². The molecule has 1 aliphatic heterocycles. The monoisotopic (exact) mass is 279 g/mol. The topological polar surface area (TPSA) is 28.6 Å². The van der Waals surface area contributed by atoms with E-state index >= 15 is 0 Å². The molecule has 1 aliphatic rings. The summed E-state index contributed by atoms with van der Waals surface area (Å²) in [5, 5.41) is 0. The van der Waals surface area contributed by atoms with Crippen molar-refractivity contribution in [3.8, 4) is 5.88 Å². The van der Waals surface area contributed by atoms with Gasteiger partial charge in [0.05, 0.1) is 12.1 Å². The summed E-state index contributed by atoms with van der Waals surface area (Å²) in [6, 6.07) is 3.89. The van der Waals surface area contributed by atoms with E-state index in [1.54, 1.807) is 6.20 Å². The summed E-state index contributed by atoms with van der Waals surface area (Å²) in [4.78, 5) is 9.54. The van der Waals surface area contributed by atoms with Crippen molar-refractivity contribution in [2.45, 2.75) is 19.4 Å². The summed E-state index contributed by atoms with van der Waals surface area (Å²) >= 11 is 5.55. The first-order valence-electron chi connectivity index (χ1n) is 6.67. The summed E-state index contributed by atoms with van der Waals surface area (Å²) < 4.78 is 6.04. The zero-order chi connectivity index (χ0) is 13.8. The molecule has 1 aromatic heterocycles. The fourth-order valence-electron chi connectivity index (χ4n) is 2.17. The number of hydrogen-bond donors (Lipinski definition) is 0. The van der Waals surface area contributed by atoms with Gasteiger partial charge in [0.2, 0.25) is 5.88 Å². The fourth-order valence-corrected chi connectivity index (χ4v) is 2.53. The minimum absolute atomic E-state index is 0.136. The van der Waals surface area contributed by atoms with Gasteiger partial charge in [-0.25, -0.2) is 4.98 Å². The Kier molecular flexibility index (Phi) is 4.71. The Labute approximate surface area is 120 Å². The lowest BCUT2D eigenvalue weighted by atomic mass is 10.2. The highest BCUT2D eigenvalue weighted by atomic mass is 32.1. The van der Waals surface area contributed by atoms with E-state index in [9.17, 15) is 0 Å². The van der Waals surface area contributed by atoms with Gasteiger partial charge in [-0.2, -0.15) is 0 Å². The number of aromatic nitrogens is 1. The van der Waals surface area contributed by atoms with Crippen molar-refractivity contribution in [1.82, 2.24) is 14.8 Å². The summed E-state index contributed by atoms with van der Waals surface area (Å²) in [6.45, 7) is 4.85. The molecule has 5 heteroatoms. The molecule has 0 amide bonds. The normalized spacial score (nSPS) is 19.1. The van der Waals surface area contributed by atoms with Crippen LogP contribution in [0.1, 0.15) is 18.9 Å². The molecule has 0 fully saturated rings. The minimum Gasteiger partial charge on any atom is -0.472 e. The van der Waals surface area contributed by atoms with Gasteiger partial charge in [0.15, 0.2) is 0 Å². The summed E-state index contributed by atoms with van der Waals surface area (Å²) in [7, 11) is 4.15. The second kappa shape index (κ2) is 6.30. The third-order valence-corrected chi connectivity index (χ3v) is 3.75. The van der Waals surface area contributed by atoms with Gasteiger partial charge in [-0.3, -0.25) is 0 Å². The molecule has 0 spiro atoms. The molecule has 104 valence electrons. The van der Waals surface area contributed by atoms with E-state index in [-0.39, 0.29) is 6.10 Å². The fraction of sp³-hybridized carbons (Fsp3) is 0.571. The van der Waals surface area contributed by atoms with Gasteiger partial charge < -0.3 is 14.5 Å². The number of ether oxygens (including phenoxy) is 1. The van der Waals surface area contributed by atoms with Crippen LogP contribution in [-0.2, 0) is 0 Å². The van der Waals surface area contributed by atoms with Crippen LogP contribution in [0.15, 0.2) is 18.3 Å². The average Bonchev–Trinajstić information content (AvgIpc) is 2.54. The molecule has 0 saturated carbocycles. The molecule has 0 N–H and O–H groups in total. The van der Waals surface area contributed by atoms with E-state index in [2.05, 4.69) is 35.8 Å². The molecule has 0 aromatic carbocycles. The summed E-state index contributed by atoms with van der Waals surface area (Å²) in [5.41, 5.74) is 0.937. The summed E-state index contributed by atoms with van der Waals surface area (Å²) in [6.07, 6.45) is 2.87. The Morgan fingerprint density at radius 2 is 2.32 bits per heavy atom. The molecule has 1 aromatic rings. The molecule has 19 heavy (non-hydrogen) atoms. The first-order valence-corrected chi connectivity index (χ1v) is 7.08. The number of rotatable bonds is 4. The van der Waals surface area contributed by atoms with Crippen molar-refractivity contribution < 1.29 is 4.74 Å². The van der Waals surface area contributed by atoms with Gasteiger partial charge in [-0.15, -0.1) is 0 Å². The van der Waals surface area contributed by atoms with Crippen molar-refractivity contribution in [1.29, 1.82) is 0 Å². The first kappa shape index (κ1) is 14.2. The van der Waals surface area contributed by atoms with Crippen molar-refractivity contribution in [2.24, 2.45) is 0 Å². The van der Waals surface area contributed by atoms with Crippen LogP contribution in [-0.4, -0.2) is 59.6 Å². The predicted molar refractivity (Wildman–Crippen MR) is 80.8 cm³/mol. The van der Waals surface area contributed by atoms with Crippen LogP contribution in [0.25, 0.3) is 0 Å². The van der Waals surface area contributed by atoms with E-state index in [1.807, 2.05) is 12.1 Å². The Balaban J connectivity index is 2.21. The van der Waals surface area contributed by atoms with E-state index in [1.165, 1.54) is 0 Å².